The van der Waals surface area contributed by atoms with Crippen molar-refractivity contribution in [3.8, 4) is 5.75 Å². The van der Waals surface area contributed by atoms with Gasteiger partial charge in [0, 0.05) is 64.6 Å². The molecule has 208 valence electrons. The second kappa shape index (κ2) is 11.3. The van der Waals surface area contributed by atoms with Crippen LogP contribution in [0.2, 0.25) is 0 Å². The van der Waals surface area contributed by atoms with Crippen LogP contribution in [0.15, 0.2) is 36.4 Å². The van der Waals surface area contributed by atoms with E-state index in [1.807, 2.05) is 42.1 Å². The number of carbonyl (C=O) groups excluding carboxylic acids is 3. The molecule has 1 atom stereocenters. The SMILES string of the molecule is COc1cc2c(cc1C(=O)N1CCC(Cc3ccc(F)cc3)CC1)C(C(=O)C(=O)N1CCN(C)CC1)CN2C. The molecule has 9 heteroatoms. The smallest absolute Gasteiger partial charge is 0.290 e. The van der Waals surface area contributed by atoms with Crippen LogP contribution in [-0.4, -0.2) is 99.3 Å². The lowest BCUT2D eigenvalue weighted by atomic mass is 9.89. The van der Waals surface area contributed by atoms with Crippen LogP contribution in [0.3, 0.4) is 0 Å². The molecule has 0 aromatic heterocycles. The van der Waals surface area contributed by atoms with Gasteiger partial charge in [0.25, 0.3) is 11.8 Å². The van der Waals surface area contributed by atoms with Crippen molar-refractivity contribution in [2.75, 3.05) is 71.9 Å². The van der Waals surface area contributed by atoms with E-state index in [0.717, 1.165) is 43.6 Å². The van der Waals surface area contributed by atoms with Crippen LogP contribution in [-0.2, 0) is 16.0 Å². The number of Topliss-reactive ketones (excluding diaryl/α,β-unsaturated/α-hetero) is 1. The zero-order valence-corrected chi connectivity index (χ0v) is 23.0. The molecule has 2 aromatic carbocycles. The average Bonchev–Trinajstić information content (AvgIpc) is 3.28. The number of rotatable bonds is 6. The fourth-order valence-corrected chi connectivity index (χ4v) is 6.00. The molecule has 2 aromatic rings. The van der Waals surface area contributed by atoms with Gasteiger partial charge in [-0.15, -0.1) is 0 Å². The number of methoxy groups -OCH3 is 1. The summed E-state index contributed by atoms with van der Waals surface area (Å²) < 4.78 is 18.9. The van der Waals surface area contributed by atoms with Gasteiger partial charge < -0.3 is 24.3 Å². The number of piperidine rings is 1. The molecule has 0 aliphatic carbocycles. The Labute approximate surface area is 229 Å². The number of halogens is 1. The van der Waals surface area contributed by atoms with E-state index in [2.05, 4.69) is 4.90 Å². The first-order chi connectivity index (χ1) is 18.7. The Morgan fingerprint density at radius 2 is 1.59 bits per heavy atom. The van der Waals surface area contributed by atoms with Crippen LogP contribution in [0.25, 0.3) is 0 Å². The zero-order valence-electron chi connectivity index (χ0n) is 23.0. The van der Waals surface area contributed by atoms with E-state index >= 15 is 0 Å². The Bertz CT molecular complexity index is 1230. The van der Waals surface area contributed by atoms with Crippen LogP contribution in [0.5, 0.6) is 5.75 Å². The summed E-state index contributed by atoms with van der Waals surface area (Å²) in [4.78, 5) is 47.8. The second-order valence-electron chi connectivity index (χ2n) is 11.1. The second-order valence-corrected chi connectivity index (χ2v) is 11.1. The summed E-state index contributed by atoms with van der Waals surface area (Å²) in [5.74, 6) is -0.940. The van der Waals surface area contributed by atoms with Crippen LogP contribution < -0.4 is 9.64 Å². The molecule has 39 heavy (non-hydrogen) atoms. The highest BCUT2D eigenvalue weighted by Gasteiger charge is 2.39. The number of piperazine rings is 1. The lowest BCUT2D eigenvalue weighted by Crippen LogP contribution is -2.50. The van der Waals surface area contributed by atoms with E-state index in [4.69, 9.17) is 4.74 Å². The molecule has 2 amide bonds. The summed E-state index contributed by atoms with van der Waals surface area (Å²) in [5, 5.41) is 0. The molecule has 0 radical (unpaired) electrons. The standard InChI is InChI=1S/C30H37FN4O4/c1-32-12-14-35(15-13-32)30(38)28(36)25-19-33(2)26-18-27(39-3)24(17-23(25)26)29(37)34-10-8-21(9-11-34)16-20-4-6-22(31)7-5-20/h4-7,17-18,21,25H,8-16,19H2,1-3H3. The first-order valence-corrected chi connectivity index (χ1v) is 13.7. The van der Waals surface area contributed by atoms with Crippen molar-refractivity contribution in [2.24, 2.45) is 5.92 Å². The molecule has 2 fully saturated rings. The molecule has 0 N–H and O–H groups in total. The summed E-state index contributed by atoms with van der Waals surface area (Å²) in [5.41, 5.74) is 3.05. The molecule has 3 aliphatic rings. The first kappa shape index (κ1) is 27.1. The highest BCUT2D eigenvalue weighted by Crippen LogP contribution is 2.41. The maximum atomic E-state index is 13.7. The normalized spacial score (nSPS) is 20.2. The molecule has 0 bridgehead atoms. The van der Waals surface area contributed by atoms with E-state index in [1.54, 1.807) is 18.1 Å². The van der Waals surface area contributed by atoms with E-state index in [-0.39, 0.29) is 11.7 Å². The van der Waals surface area contributed by atoms with Gasteiger partial charge in [0.15, 0.2) is 0 Å². The molecular formula is C30H37FN4O4. The van der Waals surface area contributed by atoms with Gasteiger partial charge in [0.2, 0.25) is 5.78 Å². The Morgan fingerprint density at radius 3 is 2.23 bits per heavy atom. The van der Waals surface area contributed by atoms with Gasteiger partial charge in [-0.25, -0.2) is 4.39 Å². The number of ketones is 1. The van der Waals surface area contributed by atoms with E-state index in [0.29, 0.717) is 55.5 Å². The average molecular weight is 537 g/mol. The molecule has 2 saturated heterocycles. The maximum Gasteiger partial charge on any atom is 0.290 e. The third kappa shape index (κ3) is 5.64. The Hall–Kier alpha value is -3.46. The Balaban J connectivity index is 1.30. The number of nitrogens with zero attached hydrogens (tertiary/aromatic N) is 4. The van der Waals surface area contributed by atoms with Crippen molar-refractivity contribution in [3.05, 3.63) is 58.9 Å². The van der Waals surface area contributed by atoms with Gasteiger partial charge in [-0.3, -0.25) is 14.4 Å². The number of likely N-dealkylation sites (tertiary alicyclic amines) is 1. The summed E-state index contributed by atoms with van der Waals surface area (Å²) in [7, 11) is 5.44. The fourth-order valence-electron chi connectivity index (χ4n) is 6.00. The molecule has 3 heterocycles. The topological polar surface area (TPSA) is 73.4 Å². The highest BCUT2D eigenvalue weighted by atomic mass is 19.1. The fraction of sp³-hybridized carbons (Fsp3) is 0.500. The number of fused-ring (bicyclic) bond motifs is 1. The van der Waals surface area contributed by atoms with Crippen LogP contribution in [0.4, 0.5) is 10.1 Å². The first-order valence-electron chi connectivity index (χ1n) is 13.7. The van der Waals surface area contributed by atoms with E-state index in [9.17, 15) is 18.8 Å². The molecule has 1 unspecified atom stereocenters. The minimum atomic E-state index is -0.615. The molecule has 3 aliphatic heterocycles. The van der Waals surface area contributed by atoms with Gasteiger partial charge in [0.1, 0.15) is 11.6 Å². The van der Waals surface area contributed by atoms with Crippen molar-refractivity contribution < 1.29 is 23.5 Å². The van der Waals surface area contributed by atoms with Gasteiger partial charge in [-0.2, -0.15) is 0 Å². The quantitative estimate of drug-likeness (QED) is 0.529. The molecular weight excluding hydrogens is 499 g/mol. The summed E-state index contributed by atoms with van der Waals surface area (Å²) in [6.07, 6.45) is 2.58. The maximum absolute atomic E-state index is 13.7. The van der Waals surface area contributed by atoms with Crippen LogP contribution >= 0.6 is 0 Å². The summed E-state index contributed by atoms with van der Waals surface area (Å²) in [6.45, 7) is 4.21. The van der Waals surface area contributed by atoms with Crippen LogP contribution in [0.1, 0.15) is 40.2 Å². The van der Waals surface area contributed by atoms with Crippen LogP contribution in [0, 0.1) is 11.7 Å². The summed E-state index contributed by atoms with van der Waals surface area (Å²) >= 11 is 0. The zero-order chi connectivity index (χ0) is 27.7. The predicted octanol–water partition coefficient (Wildman–Crippen LogP) is 2.81. The Morgan fingerprint density at radius 1 is 0.923 bits per heavy atom. The van der Waals surface area contributed by atoms with Gasteiger partial charge >= 0.3 is 0 Å². The van der Waals surface area contributed by atoms with E-state index < -0.39 is 17.6 Å². The van der Waals surface area contributed by atoms with Crippen molar-refractivity contribution >= 4 is 23.3 Å². The number of likely N-dealkylation sites (N-methyl/N-ethyl adjacent to an activating group) is 2. The van der Waals surface area contributed by atoms with Crippen molar-refractivity contribution in [3.63, 3.8) is 0 Å². The number of amides is 2. The number of hydrogen-bond acceptors (Lipinski definition) is 6. The third-order valence-electron chi connectivity index (χ3n) is 8.48. The van der Waals surface area contributed by atoms with Crippen molar-refractivity contribution in [1.82, 2.24) is 14.7 Å². The number of benzene rings is 2. The number of ether oxygens (including phenoxy) is 1. The van der Waals surface area contributed by atoms with Gasteiger partial charge in [0.05, 0.1) is 18.6 Å². The van der Waals surface area contributed by atoms with E-state index in [1.165, 1.54) is 12.1 Å². The number of carbonyl (C=O) groups is 3. The van der Waals surface area contributed by atoms with Gasteiger partial charge in [-0.1, -0.05) is 12.1 Å². The lowest BCUT2D eigenvalue weighted by Gasteiger charge is -2.33. The van der Waals surface area contributed by atoms with Gasteiger partial charge in [-0.05, 0) is 61.6 Å². The molecule has 5 rings (SSSR count). The minimum absolute atomic E-state index is 0.124. The monoisotopic (exact) mass is 536 g/mol. The molecule has 0 saturated carbocycles. The Kier molecular flexibility index (Phi) is 7.88. The largest absolute Gasteiger partial charge is 0.496 e. The molecule has 8 nitrogen and oxygen atoms in total. The lowest BCUT2D eigenvalue weighted by molar-refractivity contribution is -0.146. The number of hydrogen-bond donors (Lipinski definition) is 0. The third-order valence-corrected chi connectivity index (χ3v) is 8.48. The highest BCUT2D eigenvalue weighted by molar-refractivity contribution is 6.38. The van der Waals surface area contributed by atoms with Crippen molar-refractivity contribution in [1.29, 1.82) is 0 Å². The number of anilines is 1. The summed E-state index contributed by atoms with van der Waals surface area (Å²) in [6, 6.07) is 10.2. The predicted molar refractivity (Wildman–Crippen MR) is 147 cm³/mol. The molecule has 0 spiro atoms. The minimum Gasteiger partial charge on any atom is -0.496 e. The van der Waals surface area contributed by atoms with Crippen molar-refractivity contribution in [2.45, 2.75) is 25.2 Å².